The van der Waals surface area contributed by atoms with E-state index in [1.165, 1.54) is 0 Å². The molecule has 2 heterocycles. The van der Waals surface area contributed by atoms with Gasteiger partial charge in [-0.15, -0.1) is 0 Å². The second-order valence-electron chi connectivity index (χ2n) is 4.51. The quantitative estimate of drug-likeness (QED) is 0.776. The van der Waals surface area contributed by atoms with E-state index in [4.69, 9.17) is 10.00 Å². The third kappa shape index (κ3) is 2.25. The van der Waals surface area contributed by atoms with E-state index in [2.05, 4.69) is 0 Å². The van der Waals surface area contributed by atoms with Gasteiger partial charge in [0, 0.05) is 12.3 Å². The smallest absolute Gasteiger partial charge is 0.269 e. The van der Waals surface area contributed by atoms with Crippen LogP contribution < -0.4 is 5.56 Å². The molecule has 1 atom stereocenters. The molecule has 0 N–H and O–H groups in total. The summed E-state index contributed by atoms with van der Waals surface area (Å²) in [6.07, 6.45) is 2.15. The van der Waals surface area contributed by atoms with E-state index in [0.29, 0.717) is 6.54 Å². The van der Waals surface area contributed by atoms with E-state index < -0.39 is 0 Å². The summed E-state index contributed by atoms with van der Waals surface area (Å²) in [6.45, 7) is 5.02. The van der Waals surface area contributed by atoms with E-state index in [1.54, 1.807) is 11.5 Å². The minimum atomic E-state index is -0.194. The normalized spacial score (nSPS) is 19.2. The Bertz CT molecular complexity index is 519. The summed E-state index contributed by atoms with van der Waals surface area (Å²) < 4.78 is 7.18. The van der Waals surface area contributed by atoms with Crippen LogP contribution in [0, 0.1) is 25.2 Å². The van der Waals surface area contributed by atoms with E-state index in [9.17, 15) is 4.79 Å². The van der Waals surface area contributed by atoms with Crippen molar-refractivity contribution in [2.45, 2.75) is 39.3 Å². The van der Waals surface area contributed by atoms with Crippen molar-refractivity contribution in [3.05, 3.63) is 33.2 Å². The average Bonchev–Trinajstić information content (AvgIpc) is 2.77. The second kappa shape index (κ2) is 4.72. The van der Waals surface area contributed by atoms with Crippen molar-refractivity contribution in [3.8, 4) is 6.07 Å². The van der Waals surface area contributed by atoms with Gasteiger partial charge in [0.05, 0.1) is 12.6 Å². The maximum Gasteiger partial charge on any atom is 0.269 e. The molecule has 0 bridgehead atoms. The molecule has 0 saturated carbocycles. The van der Waals surface area contributed by atoms with Crippen molar-refractivity contribution in [2.75, 3.05) is 6.61 Å². The van der Waals surface area contributed by atoms with Crippen LogP contribution in [0.3, 0.4) is 0 Å². The first kappa shape index (κ1) is 11.9. The molecule has 4 nitrogen and oxygen atoms in total. The molecule has 1 fully saturated rings. The largest absolute Gasteiger partial charge is 0.376 e. The van der Waals surface area contributed by atoms with Crippen LogP contribution in [-0.4, -0.2) is 17.3 Å². The number of aromatic nitrogens is 1. The van der Waals surface area contributed by atoms with Gasteiger partial charge in [-0.25, -0.2) is 0 Å². The zero-order valence-corrected chi connectivity index (χ0v) is 10.2. The predicted octanol–water partition coefficient (Wildman–Crippen LogP) is 1.52. The van der Waals surface area contributed by atoms with Gasteiger partial charge in [0.2, 0.25) is 0 Å². The molecule has 90 valence electrons. The van der Waals surface area contributed by atoms with Crippen LogP contribution in [0.1, 0.15) is 29.7 Å². The molecule has 4 heteroatoms. The Morgan fingerprint density at radius 1 is 1.59 bits per heavy atom. The van der Waals surface area contributed by atoms with Gasteiger partial charge in [-0.1, -0.05) is 0 Å². The fraction of sp³-hybridized carbons (Fsp3) is 0.538. The minimum Gasteiger partial charge on any atom is -0.376 e. The zero-order valence-electron chi connectivity index (χ0n) is 10.2. The topological polar surface area (TPSA) is 55.0 Å². The summed E-state index contributed by atoms with van der Waals surface area (Å²) in [5, 5.41) is 8.98. The fourth-order valence-corrected chi connectivity index (χ4v) is 2.28. The van der Waals surface area contributed by atoms with Crippen LogP contribution in [0.15, 0.2) is 10.9 Å². The van der Waals surface area contributed by atoms with Crippen molar-refractivity contribution >= 4 is 0 Å². The van der Waals surface area contributed by atoms with Crippen molar-refractivity contribution in [1.82, 2.24) is 4.57 Å². The summed E-state index contributed by atoms with van der Waals surface area (Å²) in [5.74, 6) is 0. The van der Waals surface area contributed by atoms with Crippen molar-refractivity contribution < 1.29 is 4.74 Å². The van der Waals surface area contributed by atoms with Gasteiger partial charge in [-0.2, -0.15) is 5.26 Å². The first-order valence-corrected chi connectivity index (χ1v) is 5.86. The second-order valence-corrected chi connectivity index (χ2v) is 4.51. The summed E-state index contributed by atoms with van der Waals surface area (Å²) in [5.41, 5.74) is 1.69. The molecular weight excluding hydrogens is 216 g/mol. The lowest BCUT2D eigenvalue weighted by molar-refractivity contribution is 0.0956. The summed E-state index contributed by atoms with van der Waals surface area (Å²) in [4.78, 5) is 12.1. The first-order valence-electron chi connectivity index (χ1n) is 5.86. The van der Waals surface area contributed by atoms with Crippen molar-refractivity contribution in [3.63, 3.8) is 0 Å². The highest BCUT2D eigenvalue weighted by atomic mass is 16.5. The summed E-state index contributed by atoms with van der Waals surface area (Å²) in [6, 6.07) is 3.87. The molecule has 1 aliphatic rings. The number of hydrogen-bond donors (Lipinski definition) is 0. The van der Waals surface area contributed by atoms with Gasteiger partial charge in [0.1, 0.15) is 11.6 Å². The molecule has 1 saturated heterocycles. The maximum absolute atomic E-state index is 12.1. The maximum atomic E-state index is 12.1. The summed E-state index contributed by atoms with van der Waals surface area (Å²) >= 11 is 0. The lowest BCUT2D eigenvalue weighted by atomic mass is 10.1. The molecule has 2 rings (SSSR count). The third-order valence-electron chi connectivity index (χ3n) is 3.23. The molecule has 0 spiro atoms. The molecule has 17 heavy (non-hydrogen) atoms. The van der Waals surface area contributed by atoms with Crippen LogP contribution in [0.5, 0.6) is 0 Å². The SMILES string of the molecule is Cc1cc(C)n(C[C@H]2CCCO2)c(=O)c1C#N. The number of hydrogen-bond acceptors (Lipinski definition) is 3. The van der Waals surface area contributed by atoms with Crippen LogP contribution in [0.2, 0.25) is 0 Å². The molecule has 0 aromatic carbocycles. The fourth-order valence-electron chi connectivity index (χ4n) is 2.28. The van der Waals surface area contributed by atoms with Gasteiger partial charge >= 0.3 is 0 Å². The standard InChI is InChI=1S/C13H16N2O2/c1-9-6-10(2)15(13(16)12(9)7-14)8-11-4-3-5-17-11/h6,11H,3-5,8H2,1-2H3/t11-/m1/s1. The van der Waals surface area contributed by atoms with Gasteiger partial charge in [0.25, 0.3) is 5.56 Å². The number of rotatable bonds is 2. The lowest BCUT2D eigenvalue weighted by Crippen LogP contribution is -2.30. The number of ether oxygens (including phenoxy) is 1. The molecule has 1 aromatic heterocycles. The van der Waals surface area contributed by atoms with Crippen molar-refractivity contribution in [1.29, 1.82) is 5.26 Å². The van der Waals surface area contributed by atoms with Crippen molar-refractivity contribution in [2.24, 2.45) is 0 Å². The van der Waals surface area contributed by atoms with Gasteiger partial charge in [0.15, 0.2) is 0 Å². The Kier molecular flexibility index (Phi) is 3.30. The number of nitrogens with zero attached hydrogens (tertiary/aromatic N) is 2. The monoisotopic (exact) mass is 232 g/mol. The molecule has 0 unspecified atom stereocenters. The molecule has 0 radical (unpaired) electrons. The molecule has 1 aliphatic heterocycles. The Labute approximate surface area is 100 Å². The van der Waals surface area contributed by atoms with Crippen LogP contribution in [0.4, 0.5) is 0 Å². The molecular formula is C13H16N2O2. The van der Waals surface area contributed by atoms with Crippen LogP contribution in [-0.2, 0) is 11.3 Å². The number of aryl methyl sites for hydroxylation is 2. The predicted molar refractivity (Wildman–Crippen MR) is 63.9 cm³/mol. The lowest BCUT2D eigenvalue weighted by Gasteiger charge is -2.15. The average molecular weight is 232 g/mol. The Balaban J connectivity index is 2.39. The van der Waals surface area contributed by atoms with E-state index in [1.807, 2.05) is 19.1 Å². The van der Waals surface area contributed by atoms with Gasteiger partial charge in [-0.3, -0.25) is 4.79 Å². The Morgan fingerprint density at radius 3 is 2.94 bits per heavy atom. The van der Waals surface area contributed by atoms with Crippen LogP contribution >= 0.6 is 0 Å². The third-order valence-corrected chi connectivity index (χ3v) is 3.23. The van der Waals surface area contributed by atoms with Gasteiger partial charge in [-0.05, 0) is 38.3 Å². The molecule has 0 amide bonds. The Hall–Kier alpha value is -1.60. The highest BCUT2D eigenvalue weighted by molar-refractivity contribution is 5.36. The minimum absolute atomic E-state index is 0.112. The summed E-state index contributed by atoms with van der Waals surface area (Å²) in [7, 11) is 0. The molecule has 0 aliphatic carbocycles. The number of pyridine rings is 1. The van der Waals surface area contributed by atoms with Crippen LogP contribution in [0.25, 0.3) is 0 Å². The molecule has 1 aromatic rings. The van der Waals surface area contributed by atoms with E-state index >= 15 is 0 Å². The highest BCUT2D eigenvalue weighted by Gasteiger charge is 2.18. The first-order chi connectivity index (χ1) is 8.13. The van der Waals surface area contributed by atoms with Gasteiger partial charge < -0.3 is 9.30 Å². The van der Waals surface area contributed by atoms with E-state index in [-0.39, 0.29) is 17.2 Å². The Morgan fingerprint density at radius 2 is 2.35 bits per heavy atom. The highest BCUT2D eigenvalue weighted by Crippen LogP contribution is 2.15. The van der Waals surface area contributed by atoms with E-state index in [0.717, 1.165) is 30.7 Å². The zero-order chi connectivity index (χ0) is 12.4. The number of nitriles is 1.